The molecule has 0 aromatic heterocycles. The number of anilines is 2. The van der Waals surface area contributed by atoms with E-state index in [1.807, 2.05) is 49.4 Å². The fraction of sp³-hybridized carbons (Fsp3) is 0.350. The Kier molecular flexibility index (Phi) is 5.32. The van der Waals surface area contributed by atoms with Gasteiger partial charge in [0.15, 0.2) is 0 Å². The molecule has 0 N–H and O–H groups in total. The Hall–Kier alpha value is -2.34. The van der Waals surface area contributed by atoms with Gasteiger partial charge in [0.1, 0.15) is 0 Å². The number of hydrogen-bond donors (Lipinski definition) is 0. The minimum Gasteiger partial charge on any atom is -0.312 e. The van der Waals surface area contributed by atoms with E-state index in [1.165, 1.54) is 10.6 Å². The average molecular weight is 372 g/mol. The highest BCUT2D eigenvalue weighted by atomic mass is 32.2. The van der Waals surface area contributed by atoms with Crippen molar-refractivity contribution in [2.75, 3.05) is 28.6 Å². The van der Waals surface area contributed by atoms with Crippen LogP contribution in [0, 0.1) is 0 Å². The summed E-state index contributed by atoms with van der Waals surface area (Å²) in [4.78, 5) is 14.5. The van der Waals surface area contributed by atoms with E-state index in [1.54, 1.807) is 11.0 Å². The van der Waals surface area contributed by atoms with Gasteiger partial charge >= 0.3 is 0 Å². The molecule has 0 saturated carbocycles. The fourth-order valence-electron chi connectivity index (χ4n) is 3.45. The molecule has 1 aliphatic rings. The first-order valence-corrected chi connectivity index (χ1v) is 10.7. The van der Waals surface area contributed by atoms with Crippen LogP contribution in [0.5, 0.6) is 0 Å². The lowest BCUT2D eigenvalue weighted by Gasteiger charge is -2.26. The van der Waals surface area contributed by atoms with Gasteiger partial charge in [0, 0.05) is 25.2 Å². The summed E-state index contributed by atoms with van der Waals surface area (Å²) in [5, 5.41) is 0. The number of amides is 1. The summed E-state index contributed by atoms with van der Waals surface area (Å²) in [7, 11) is -3.47. The molecular weight excluding hydrogens is 348 g/mol. The van der Waals surface area contributed by atoms with Crippen LogP contribution in [0.1, 0.15) is 24.5 Å². The molecule has 2 aromatic carbocycles. The van der Waals surface area contributed by atoms with Crippen LogP contribution in [0.3, 0.4) is 0 Å². The monoisotopic (exact) mass is 372 g/mol. The molecule has 1 heterocycles. The number of rotatable bonds is 6. The van der Waals surface area contributed by atoms with Crippen molar-refractivity contribution >= 4 is 27.3 Å². The molecule has 0 fully saturated rings. The van der Waals surface area contributed by atoms with Crippen LogP contribution >= 0.6 is 0 Å². The third-order valence-corrected chi connectivity index (χ3v) is 5.94. The summed E-state index contributed by atoms with van der Waals surface area (Å²) >= 11 is 0. The maximum Gasteiger partial charge on any atom is 0.232 e. The van der Waals surface area contributed by atoms with Gasteiger partial charge in [-0.25, -0.2) is 8.42 Å². The Labute approximate surface area is 155 Å². The van der Waals surface area contributed by atoms with Crippen molar-refractivity contribution < 1.29 is 13.2 Å². The van der Waals surface area contributed by atoms with E-state index in [4.69, 9.17) is 0 Å². The SMILES string of the molecule is CCc1ccccc1N(CCC(=O)N1CCc2ccccc21)S(C)(=O)=O. The molecule has 2 aromatic rings. The van der Waals surface area contributed by atoms with Crippen molar-refractivity contribution in [3.63, 3.8) is 0 Å². The van der Waals surface area contributed by atoms with Gasteiger partial charge in [-0.2, -0.15) is 0 Å². The molecule has 0 atom stereocenters. The van der Waals surface area contributed by atoms with E-state index < -0.39 is 10.0 Å². The Bertz CT molecular complexity index is 909. The van der Waals surface area contributed by atoms with Gasteiger partial charge in [0.25, 0.3) is 0 Å². The Morgan fingerprint density at radius 1 is 1.12 bits per heavy atom. The summed E-state index contributed by atoms with van der Waals surface area (Å²) in [6.07, 6.45) is 2.92. The number of benzene rings is 2. The number of nitrogens with zero attached hydrogens (tertiary/aromatic N) is 2. The van der Waals surface area contributed by atoms with Gasteiger partial charge in [0.05, 0.1) is 11.9 Å². The number of carbonyl (C=O) groups excluding carboxylic acids is 1. The van der Waals surface area contributed by atoms with Crippen LogP contribution in [-0.2, 0) is 27.7 Å². The van der Waals surface area contributed by atoms with E-state index >= 15 is 0 Å². The third kappa shape index (κ3) is 3.75. The van der Waals surface area contributed by atoms with Crippen LogP contribution in [0.2, 0.25) is 0 Å². The molecule has 138 valence electrons. The quantitative estimate of drug-likeness (QED) is 0.783. The molecule has 1 aliphatic heterocycles. The van der Waals surface area contributed by atoms with Crippen LogP contribution < -0.4 is 9.21 Å². The van der Waals surface area contributed by atoms with Gasteiger partial charge in [-0.1, -0.05) is 43.3 Å². The predicted octanol–water partition coefficient (Wildman–Crippen LogP) is 2.99. The normalized spacial score (nSPS) is 13.5. The largest absolute Gasteiger partial charge is 0.312 e. The average Bonchev–Trinajstić information content (AvgIpc) is 3.05. The molecule has 0 aliphatic carbocycles. The second-order valence-corrected chi connectivity index (χ2v) is 8.40. The molecule has 0 unspecified atom stereocenters. The Morgan fingerprint density at radius 3 is 2.54 bits per heavy atom. The maximum absolute atomic E-state index is 12.7. The number of para-hydroxylation sites is 2. The second-order valence-electron chi connectivity index (χ2n) is 6.49. The molecule has 26 heavy (non-hydrogen) atoms. The van der Waals surface area contributed by atoms with Crippen LogP contribution in [0.4, 0.5) is 11.4 Å². The molecule has 5 nitrogen and oxygen atoms in total. The lowest BCUT2D eigenvalue weighted by Crippen LogP contribution is -2.36. The molecule has 0 saturated heterocycles. The fourth-order valence-corrected chi connectivity index (χ4v) is 4.41. The van der Waals surface area contributed by atoms with E-state index in [-0.39, 0.29) is 18.9 Å². The van der Waals surface area contributed by atoms with E-state index in [2.05, 4.69) is 0 Å². The maximum atomic E-state index is 12.7. The highest BCUT2D eigenvalue weighted by Gasteiger charge is 2.26. The first kappa shape index (κ1) is 18.5. The molecule has 3 rings (SSSR count). The molecule has 0 spiro atoms. The first-order chi connectivity index (χ1) is 12.4. The highest BCUT2D eigenvalue weighted by Crippen LogP contribution is 2.29. The van der Waals surface area contributed by atoms with E-state index in [0.29, 0.717) is 12.2 Å². The standard InChI is InChI=1S/C20H24N2O3S/c1-3-16-8-4-7-11-19(16)22(26(2,24)25)15-13-20(23)21-14-12-17-9-5-6-10-18(17)21/h4-11H,3,12-15H2,1-2H3. The summed E-state index contributed by atoms with van der Waals surface area (Å²) < 4.78 is 26.0. The van der Waals surface area contributed by atoms with E-state index in [9.17, 15) is 13.2 Å². The Balaban J connectivity index is 1.78. The van der Waals surface area contributed by atoms with Crippen LogP contribution in [0.25, 0.3) is 0 Å². The van der Waals surface area contributed by atoms with E-state index in [0.717, 1.165) is 29.7 Å². The van der Waals surface area contributed by atoms with Gasteiger partial charge in [-0.05, 0) is 36.1 Å². The zero-order valence-corrected chi connectivity index (χ0v) is 16.0. The van der Waals surface area contributed by atoms with Gasteiger partial charge in [0.2, 0.25) is 15.9 Å². The van der Waals surface area contributed by atoms with Gasteiger partial charge < -0.3 is 4.90 Å². The molecule has 0 radical (unpaired) electrons. The van der Waals surface area contributed by atoms with Crippen molar-refractivity contribution in [1.29, 1.82) is 0 Å². The van der Waals surface area contributed by atoms with Crippen molar-refractivity contribution in [2.24, 2.45) is 0 Å². The highest BCUT2D eigenvalue weighted by molar-refractivity contribution is 7.92. The van der Waals surface area contributed by atoms with Crippen molar-refractivity contribution in [3.8, 4) is 0 Å². The summed E-state index contributed by atoms with van der Waals surface area (Å²) in [6.45, 7) is 2.79. The minimum absolute atomic E-state index is 0.0439. The Morgan fingerprint density at radius 2 is 1.81 bits per heavy atom. The first-order valence-electron chi connectivity index (χ1n) is 8.85. The van der Waals surface area contributed by atoms with Crippen molar-refractivity contribution in [1.82, 2.24) is 0 Å². The number of hydrogen-bond acceptors (Lipinski definition) is 3. The molecular formula is C20H24N2O3S. The van der Waals surface area contributed by atoms with Gasteiger partial charge in [-0.3, -0.25) is 9.10 Å². The smallest absolute Gasteiger partial charge is 0.232 e. The number of aryl methyl sites for hydroxylation is 1. The molecule has 0 bridgehead atoms. The zero-order chi connectivity index (χ0) is 18.7. The topological polar surface area (TPSA) is 57.7 Å². The van der Waals surface area contributed by atoms with Gasteiger partial charge in [-0.15, -0.1) is 0 Å². The second kappa shape index (κ2) is 7.50. The van der Waals surface area contributed by atoms with Crippen molar-refractivity contribution in [2.45, 2.75) is 26.2 Å². The zero-order valence-electron chi connectivity index (χ0n) is 15.2. The number of carbonyl (C=O) groups is 1. The molecule has 6 heteroatoms. The number of fused-ring (bicyclic) bond motifs is 1. The van der Waals surface area contributed by atoms with Crippen LogP contribution in [0.15, 0.2) is 48.5 Å². The van der Waals surface area contributed by atoms with Crippen LogP contribution in [-0.4, -0.2) is 33.7 Å². The lowest BCUT2D eigenvalue weighted by molar-refractivity contribution is -0.118. The third-order valence-electron chi connectivity index (χ3n) is 4.76. The minimum atomic E-state index is -3.47. The van der Waals surface area contributed by atoms with Crippen molar-refractivity contribution in [3.05, 3.63) is 59.7 Å². The summed E-state index contributed by atoms with van der Waals surface area (Å²) in [6, 6.07) is 15.3. The summed E-state index contributed by atoms with van der Waals surface area (Å²) in [5.74, 6) is -0.0439. The summed E-state index contributed by atoms with van der Waals surface area (Å²) in [5.41, 5.74) is 3.72. The molecule has 1 amide bonds. The predicted molar refractivity (Wildman–Crippen MR) is 105 cm³/mol. The lowest BCUT2D eigenvalue weighted by atomic mass is 10.1. The number of sulfonamides is 1.